The molecule has 1 saturated carbocycles. The van der Waals surface area contributed by atoms with Crippen LogP contribution < -0.4 is 11.3 Å². The van der Waals surface area contributed by atoms with Crippen LogP contribution >= 0.6 is 15.9 Å². The van der Waals surface area contributed by atoms with Crippen molar-refractivity contribution in [3.05, 3.63) is 44.8 Å². The number of rotatable bonds is 2. The van der Waals surface area contributed by atoms with Crippen LogP contribution in [-0.2, 0) is 0 Å². The molecule has 0 radical (unpaired) electrons. The molecule has 7 heteroatoms. The Kier molecular flexibility index (Phi) is 3.45. The summed E-state index contributed by atoms with van der Waals surface area (Å²) in [7, 11) is 0. The summed E-state index contributed by atoms with van der Waals surface area (Å²) in [5, 5.41) is 11.7. The lowest BCUT2D eigenvalue weighted by Gasteiger charge is -2.05. The van der Waals surface area contributed by atoms with Gasteiger partial charge in [-0.15, -0.1) is 0 Å². The summed E-state index contributed by atoms with van der Waals surface area (Å²) in [6, 6.07) is 7.76. The van der Waals surface area contributed by atoms with Crippen molar-refractivity contribution in [1.29, 1.82) is 0 Å². The van der Waals surface area contributed by atoms with Gasteiger partial charge in [-0.2, -0.15) is 10.2 Å². The van der Waals surface area contributed by atoms with Crippen molar-refractivity contribution >= 4 is 32.7 Å². The second kappa shape index (κ2) is 5.49. The Morgan fingerprint density at radius 2 is 1.91 bits per heavy atom. The smallest absolute Gasteiger partial charge is 0.275 e. The molecule has 0 bridgehead atoms. The van der Waals surface area contributed by atoms with Crippen molar-refractivity contribution in [3.8, 4) is 5.69 Å². The van der Waals surface area contributed by atoms with E-state index in [1.165, 1.54) is 12.8 Å². The molecule has 2 heterocycles. The second-order valence-electron chi connectivity index (χ2n) is 5.92. The van der Waals surface area contributed by atoms with E-state index in [0.29, 0.717) is 22.6 Å². The zero-order valence-electron chi connectivity index (χ0n) is 12.4. The average Bonchev–Trinajstić information content (AvgIpc) is 3.19. The van der Waals surface area contributed by atoms with Crippen molar-refractivity contribution in [3.63, 3.8) is 0 Å². The average molecular weight is 374 g/mol. The number of nitrogens with two attached hydrogens (primary N) is 1. The number of anilines is 1. The van der Waals surface area contributed by atoms with E-state index in [-0.39, 0.29) is 5.56 Å². The first-order valence-corrected chi connectivity index (χ1v) is 8.47. The van der Waals surface area contributed by atoms with Crippen LogP contribution in [-0.4, -0.2) is 20.0 Å². The summed E-state index contributed by atoms with van der Waals surface area (Å²) < 4.78 is 2.73. The van der Waals surface area contributed by atoms with E-state index in [1.807, 2.05) is 24.3 Å². The van der Waals surface area contributed by atoms with Crippen molar-refractivity contribution in [1.82, 2.24) is 20.0 Å². The zero-order chi connectivity index (χ0) is 16.0. The molecular weight excluding hydrogens is 358 g/mol. The minimum absolute atomic E-state index is 0.223. The van der Waals surface area contributed by atoms with Gasteiger partial charge in [-0.25, -0.2) is 9.78 Å². The number of aromatic amines is 1. The second-order valence-corrected chi connectivity index (χ2v) is 6.83. The third kappa shape index (κ3) is 2.35. The molecule has 0 saturated heterocycles. The molecule has 4 rings (SSSR count). The van der Waals surface area contributed by atoms with Crippen LogP contribution in [0.25, 0.3) is 16.6 Å². The first-order chi connectivity index (χ1) is 11.1. The Balaban J connectivity index is 2.02. The molecule has 0 spiro atoms. The number of aromatic nitrogens is 4. The zero-order valence-corrected chi connectivity index (χ0v) is 14.0. The molecule has 0 aliphatic heterocycles. The quantitative estimate of drug-likeness (QED) is 0.721. The summed E-state index contributed by atoms with van der Waals surface area (Å²) in [5.41, 5.74) is 8.13. The molecule has 1 aromatic carbocycles. The minimum atomic E-state index is -0.223. The first-order valence-electron chi connectivity index (χ1n) is 7.68. The number of nitrogens with one attached hydrogen (secondary N) is 1. The van der Waals surface area contributed by atoms with E-state index in [0.717, 1.165) is 28.7 Å². The topological polar surface area (TPSA) is 89.6 Å². The summed E-state index contributed by atoms with van der Waals surface area (Å²) in [6.07, 6.45) is 4.48. The summed E-state index contributed by atoms with van der Waals surface area (Å²) in [6.45, 7) is 0. The molecule has 1 aliphatic rings. The van der Waals surface area contributed by atoms with E-state index in [9.17, 15) is 4.79 Å². The van der Waals surface area contributed by atoms with Crippen LogP contribution in [0.4, 0.5) is 5.82 Å². The number of fused-ring (bicyclic) bond motifs is 1. The molecule has 3 aromatic rings. The van der Waals surface area contributed by atoms with Gasteiger partial charge in [0.2, 0.25) is 0 Å². The monoisotopic (exact) mass is 373 g/mol. The van der Waals surface area contributed by atoms with Crippen LogP contribution in [0.1, 0.15) is 37.3 Å². The highest BCUT2D eigenvalue weighted by atomic mass is 79.9. The molecule has 1 fully saturated rings. The Morgan fingerprint density at radius 3 is 2.61 bits per heavy atom. The van der Waals surface area contributed by atoms with Gasteiger partial charge in [0, 0.05) is 10.4 Å². The number of H-pyrrole nitrogens is 1. The number of hydrogen-bond donors (Lipinski definition) is 2. The Hall–Kier alpha value is -2.15. The van der Waals surface area contributed by atoms with Gasteiger partial charge in [0.15, 0.2) is 5.82 Å². The van der Waals surface area contributed by atoms with E-state index in [1.54, 1.807) is 4.68 Å². The van der Waals surface area contributed by atoms with Gasteiger partial charge in [-0.05, 0) is 37.1 Å². The molecule has 1 aliphatic carbocycles. The first kappa shape index (κ1) is 14.4. The van der Waals surface area contributed by atoms with E-state index in [4.69, 9.17) is 10.8 Å². The summed E-state index contributed by atoms with van der Waals surface area (Å²) >= 11 is 3.43. The SMILES string of the molecule is Nc1n[nH]c(=O)c2c(C3CCCC3)nn(-c3ccc(Br)cc3)c12. The Labute approximate surface area is 140 Å². The van der Waals surface area contributed by atoms with Gasteiger partial charge in [0.25, 0.3) is 5.56 Å². The third-order valence-corrected chi connectivity index (χ3v) is 5.00. The van der Waals surface area contributed by atoms with E-state index >= 15 is 0 Å². The molecule has 2 aromatic heterocycles. The van der Waals surface area contributed by atoms with Crippen LogP contribution in [0.3, 0.4) is 0 Å². The Bertz CT molecular complexity index is 922. The van der Waals surface area contributed by atoms with Gasteiger partial charge < -0.3 is 5.73 Å². The van der Waals surface area contributed by atoms with Gasteiger partial charge in [-0.3, -0.25) is 4.79 Å². The maximum Gasteiger partial charge on any atom is 0.275 e. The predicted molar refractivity (Wildman–Crippen MR) is 92.8 cm³/mol. The molecule has 6 nitrogen and oxygen atoms in total. The Morgan fingerprint density at radius 1 is 1.22 bits per heavy atom. The largest absolute Gasteiger partial charge is 0.380 e. The highest BCUT2D eigenvalue weighted by Crippen LogP contribution is 2.37. The molecular formula is C16H16BrN5O. The normalized spacial score (nSPS) is 15.5. The van der Waals surface area contributed by atoms with Gasteiger partial charge in [0.05, 0.1) is 16.8 Å². The maximum absolute atomic E-state index is 12.4. The predicted octanol–water partition coefficient (Wildman–Crippen LogP) is 3.11. The minimum Gasteiger partial charge on any atom is -0.380 e. The fourth-order valence-electron chi connectivity index (χ4n) is 3.37. The van der Waals surface area contributed by atoms with Crippen molar-refractivity contribution in [2.75, 3.05) is 5.73 Å². The third-order valence-electron chi connectivity index (χ3n) is 4.47. The molecule has 3 N–H and O–H groups in total. The van der Waals surface area contributed by atoms with Crippen molar-refractivity contribution in [2.24, 2.45) is 0 Å². The fourth-order valence-corrected chi connectivity index (χ4v) is 3.63. The van der Waals surface area contributed by atoms with Gasteiger partial charge in [0.1, 0.15) is 5.52 Å². The van der Waals surface area contributed by atoms with Gasteiger partial charge >= 0.3 is 0 Å². The van der Waals surface area contributed by atoms with Crippen molar-refractivity contribution < 1.29 is 0 Å². The molecule has 0 atom stereocenters. The lowest BCUT2D eigenvalue weighted by Crippen LogP contribution is -2.12. The highest BCUT2D eigenvalue weighted by Gasteiger charge is 2.26. The number of benzene rings is 1. The lowest BCUT2D eigenvalue weighted by molar-refractivity contribution is 0.684. The van der Waals surface area contributed by atoms with Crippen molar-refractivity contribution in [2.45, 2.75) is 31.6 Å². The number of nitrogens with zero attached hydrogens (tertiary/aromatic N) is 3. The summed E-state index contributed by atoms with van der Waals surface area (Å²) in [5.74, 6) is 0.608. The lowest BCUT2D eigenvalue weighted by atomic mass is 10.0. The van der Waals surface area contributed by atoms with Crippen LogP contribution in [0.15, 0.2) is 33.5 Å². The standard InChI is InChI=1S/C16H16BrN5O/c17-10-5-7-11(8-6-10)22-14-12(16(23)20-19-15(14)18)13(21-22)9-3-1-2-4-9/h5-9H,1-4H2,(H2,18,19)(H,20,23). The van der Waals surface area contributed by atoms with Crippen LogP contribution in [0.5, 0.6) is 0 Å². The summed E-state index contributed by atoms with van der Waals surface area (Å²) in [4.78, 5) is 12.4. The van der Waals surface area contributed by atoms with Crippen LogP contribution in [0.2, 0.25) is 0 Å². The van der Waals surface area contributed by atoms with Gasteiger partial charge in [-0.1, -0.05) is 28.8 Å². The van der Waals surface area contributed by atoms with E-state index < -0.39 is 0 Å². The fraction of sp³-hybridized carbons (Fsp3) is 0.312. The molecule has 118 valence electrons. The number of nitrogen functional groups attached to an aromatic ring is 1. The molecule has 0 amide bonds. The van der Waals surface area contributed by atoms with Crippen LogP contribution in [0, 0.1) is 0 Å². The molecule has 23 heavy (non-hydrogen) atoms. The molecule has 0 unspecified atom stereocenters. The number of halogens is 1. The maximum atomic E-state index is 12.4. The van der Waals surface area contributed by atoms with E-state index in [2.05, 4.69) is 26.1 Å². The highest BCUT2D eigenvalue weighted by molar-refractivity contribution is 9.10. The number of hydrogen-bond acceptors (Lipinski definition) is 4.